The molecule has 1 atom stereocenters. The maximum atomic E-state index is 12.6. The Labute approximate surface area is 127 Å². The first-order valence-corrected chi connectivity index (χ1v) is 7.79. The van der Waals surface area contributed by atoms with E-state index >= 15 is 0 Å². The van der Waals surface area contributed by atoms with Crippen molar-refractivity contribution < 1.29 is 14.7 Å². The molecule has 0 spiro atoms. The summed E-state index contributed by atoms with van der Waals surface area (Å²) in [6.07, 6.45) is 4.08. The minimum Gasteiger partial charge on any atom is -0.409 e. The monoisotopic (exact) mass is 299 g/mol. The predicted molar refractivity (Wildman–Crippen MR) is 82.2 cm³/mol. The zero-order chi connectivity index (χ0) is 15.9. The van der Waals surface area contributed by atoms with Crippen LogP contribution in [0.2, 0.25) is 0 Å². The largest absolute Gasteiger partial charge is 0.409 e. The molecular weight excluding hydrogens is 270 g/mol. The lowest BCUT2D eigenvalue weighted by molar-refractivity contribution is -0.132. The van der Waals surface area contributed by atoms with Gasteiger partial charge in [0.25, 0.3) is 0 Å². The Kier molecular flexibility index (Phi) is 6.95. The number of carbonyl (C=O) groups is 1. The first-order chi connectivity index (χ1) is 9.92. The summed E-state index contributed by atoms with van der Waals surface area (Å²) in [6.45, 7) is 7.28. The lowest BCUT2D eigenvalue weighted by atomic mass is 9.78. The lowest BCUT2D eigenvalue weighted by Gasteiger charge is -2.35. The van der Waals surface area contributed by atoms with Crippen molar-refractivity contribution in [3.63, 3.8) is 0 Å². The second-order valence-electron chi connectivity index (χ2n) is 6.38. The van der Waals surface area contributed by atoms with E-state index < -0.39 is 5.41 Å². The van der Waals surface area contributed by atoms with Gasteiger partial charge < -0.3 is 21.0 Å². The van der Waals surface area contributed by atoms with Gasteiger partial charge in [0.2, 0.25) is 5.91 Å². The Bertz CT molecular complexity index is 363. The first-order valence-electron chi connectivity index (χ1n) is 7.79. The van der Waals surface area contributed by atoms with Gasteiger partial charge in [0.15, 0.2) is 5.84 Å². The van der Waals surface area contributed by atoms with Crippen LogP contribution in [0.4, 0.5) is 0 Å². The molecule has 1 saturated heterocycles. The molecule has 0 aromatic heterocycles. The molecular formula is C15H29N3O3. The first kappa shape index (κ1) is 17.8. The summed E-state index contributed by atoms with van der Waals surface area (Å²) in [7, 11) is 0. The van der Waals surface area contributed by atoms with Crippen LogP contribution in [0.1, 0.15) is 52.9 Å². The third-order valence-corrected chi connectivity index (χ3v) is 4.18. The van der Waals surface area contributed by atoms with Crippen LogP contribution in [0.3, 0.4) is 0 Å². The molecule has 0 bridgehead atoms. The molecule has 1 amide bonds. The highest BCUT2D eigenvalue weighted by atomic mass is 16.5. The van der Waals surface area contributed by atoms with Gasteiger partial charge in [0.1, 0.15) is 5.41 Å². The number of amides is 1. The maximum absolute atomic E-state index is 12.6. The summed E-state index contributed by atoms with van der Waals surface area (Å²) in [5.41, 5.74) is 4.85. The molecule has 0 aliphatic carbocycles. The molecule has 1 heterocycles. The van der Waals surface area contributed by atoms with Crippen LogP contribution >= 0.6 is 0 Å². The highest BCUT2D eigenvalue weighted by Crippen LogP contribution is 2.31. The molecule has 4 N–H and O–H groups in total. The summed E-state index contributed by atoms with van der Waals surface area (Å²) < 4.78 is 5.29. The SMILES string of the molecule is CC(C)CCCC(C)NC(=O)C1(C(N)=NO)CCOCC1. The van der Waals surface area contributed by atoms with E-state index in [1.165, 1.54) is 0 Å². The van der Waals surface area contributed by atoms with Crippen molar-refractivity contribution >= 4 is 11.7 Å². The van der Waals surface area contributed by atoms with Crippen LogP contribution in [-0.4, -0.2) is 36.2 Å². The summed E-state index contributed by atoms with van der Waals surface area (Å²) in [6, 6.07) is 0.0856. The van der Waals surface area contributed by atoms with E-state index in [9.17, 15) is 4.79 Å². The van der Waals surface area contributed by atoms with Crippen LogP contribution in [0.15, 0.2) is 5.16 Å². The summed E-state index contributed by atoms with van der Waals surface area (Å²) in [5.74, 6) is 0.503. The number of nitrogens with zero attached hydrogens (tertiary/aromatic N) is 1. The van der Waals surface area contributed by atoms with Gasteiger partial charge in [0, 0.05) is 19.3 Å². The smallest absolute Gasteiger partial charge is 0.234 e. The highest BCUT2D eigenvalue weighted by molar-refractivity contribution is 6.06. The fourth-order valence-corrected chi connectivity index (χ4v) is 2.68. The van der Waals surface area contributed by atoms with Crippen LogP contribution in [0, 0.1) is 11.3 Å². The van der Waals surface area contributed by atoms with Gasteiger partial charge in [-0.15, -0.1) is 0 Å². The van der Waals surface area contributed by atoms with Gasteiger partial charge >= 0.3 is 0 Å². The molecule has 1 aliphatic heterocycles. The molecule has 21 heavy (non-hydrogen) atoms. The standard InChI is InChI=1S/C15H29N3O3/c1-11(2)5-4-6-12(3)17-14(19)15(13(16)18-20)7-9-21-10-8-15/h11-12,20H,4-10H2,1-3H3,(H2,16,18)(H,17,19). The highest BCUT2D eigenvalue weighted by Gasteiger charge is 2.44. The average Bonchev–Trinajstić information content (AvgIpc) is 2.46. The van der Waals surface area contributed by atoms with Crippen molar-refractivity contribution in [1.29, 1.82) is 0 Å². The van der Waals surface area contributed by atoms with Crippen molar-refractivity contribution in [2.75, 3.05) is 13.2 Å². The quantitative estimate of drug-likeness (QED) is 0.289. The normalized spacial score (nSPS) is 20.3. The van der Waals surface area contributed by atoms with Gasteiger partial charge in [-0.2, -0.15) is 0 Å². The maximum Gasteiger partial charge on any atom is 0.234 e. The summed E-state index contributed by atoms with van der Waals surface area (Å²) in [5, 5.41) is 15.1. The Hall–Kier alpha value is -1.30. The van der Waals surface area contributed by atoms with Gasteiger partial charge in [-0.25, -0.2) is 0 Å². The second-order valence-corrected chi connectivity index (χ2v) is 6.38. The molecule has 122 valence electrons. The van der Waals surface area contributed by atoms with E-state index in [1.807, 2.05) is 6.92 Å². The number of amidine groups is 1. The number of oxime groups is 1. The van der Waals surface area contributed by atoms with E-state index in [2.05, 4.69) is 24.3 Å². The molecule has 1 aliphatic rings. The van der Waals surface area contributed by atoms with Crippen LogP contribution in [-0.2, 0) is 9.53 Å². The Morgan fingerprint density at radius 2 is 1.95 bits per heavy atom. The van der Waals surface area contributed by atoms with Gasteiger partial charge in [0.05, 0.1) is 0 Å². The van der Waals surface area contributed by atoms with Gasteiger partial charge in [-0.1, -0.05) is 31.8 Å². The van der Waals surface area contributed by atoms with Gasteiger partial charge in [-0.3, -0.25) is 4.79 Å². The van der Waals surface area contributed by atoms with Crippen LogP contribution < -0.4 is 11.1 Å². The molecule has 1 fully saturated rings. The van der Waals surface area contributed by atoms with E-state index in [0.717, 1.165) is 19.3 Å². The predicted octanol–water partition coefficient (Wildman–Crippen LogP) is 1.86. The van der Waals surface area contributed by atoms with Crippen molar-refractivity contribution in [2.24, 2.45) is 22.2 Å². The average molecular weight is 299 g/mol. The Balaban J connectivity index is 2.61. The summed E-state index contributed by atoms with van der Waals surface area (Å²) >= 11 is 0. The Morgan fingerprint density at radius 1 is 1.33 bits per heavy atom. The third-order valence-electron chi connectivity index (χ3n) is 4.18. The van der Waals surface area contributed by atoms with E-state index in [0.29, 0.717) is 32.0 Å². The number of nitrogens with one attached hydrogen (secondary N) is 1. The minimum atomic E-state index is -0.931. The number of ether oxygens (including phenoxy) is 1. The molecule has 1 unspecified atom stereocenters. The minimum absolute atomic E-state index is 0.0160. The molecule has 0 saturated carbocycles. The second kappa shape index (κ2) is 8.22. The van der Waals surface area contributed by atoms with Crippen LogP contribution in [0.5, 0.6) is 0 Å². The third kappa shape index (κ3) is 4.88. The fourth-order valence-electron chi connectivity index (χ4n) is 2.68. The van der Waals surface area contributed by atoms with Crippen LogP contribution in [0.25, 0.3) is 0 Å². The number of hydrogen-bond donors (Lipinski definition) is 3. The molecule has 1 rings (SSSR count). The van der Waals surface area contributed by atoms with Crippen molar-refractivity contribution in [3.8, 4) is 0 Å². The zero-order valence-electron chi connectivity index (χ0n) is 13.4. The van der Waals surface area contributed by atoms with Gasteiger partial charge in [-0.05, 0) is 32.1 Å². The number of carbonyl (C=O) groups excluding carboxylic acids is 1. The number of nitrogens with two attached hydrogens (primary N) is 1. The van der Waals surface area contributed by atoms with Crippen molar-refractivity contribution in [3.05, 3.63) is 0 Å². The molecule has 0 aromatic carbocycles. The molecule has 6 nitrogen and oxygen atoms in total. The van der Waals surface area contributed by atoms with Crippen molar-refractivity contribution in [1.82, 2.24) is 5.32 Å². The molecule has 0 aromatic rings. The van der Waals surface area contributed by atoms with E-state index in [4.69, 9.17) is 15.7 Å². The van der Waals surface area contributed by atoms with E-state index in [1.54, 1.807) is 0 Å². The number of rotatable bonds is 7. The topological polar surface area (TPSA) is 96.9 Å². The Morgan fingerprint density at radius 3 is 2.48 bits per heavy atom. The summed E-state index contributed by atoms with van der Waals surface area (Å²) in [4.78, 5) is 12.6. The zero-order valence-corrected chi connectivity index (χ0v) is 13.4. The van der Waals surface area contributed by atoms with Crippen molar-refractivity contribution in [2.45, 2.75) is 58.9 Å². The fraction of sp³-hybridized carbons (Fsp3) is 0.867. The number of hydrogen-bond acceptors (Lipinski definition) is 4. The molecule has 6 heteroatoms. The lowest BCUT2D eigenvalue weighted by Crippen LogP contribution is -2.54. The van der Waals surface area contributed by atoms with E-state index in [-0.39, 0.29) is 17.8 Å². The molecule has 0 radical (unpaired) electrons.